The monoisotopic (exact) mass is 549 g/mol. The number of hydrogen-bond donors (Lipinski definition) is 2. The highest BCUT2D eigenvalue weighted by Crippen LogP contribution is 2.42. The van der Waals surface area contributed by atoms with Crippen LogP contribution in [0.2, 0.25) is 10.0 Å². The van der Waals surface area contributed by atoms with Crippen LogP contribution in [0.15, 0.2) is 35.2 Å². The van der Waals surface area contributed by atoms with Crippen LogP contribution in [0.25, 0.3) is 0 Å². The zero-order chi connectivity index (χ0) is 25.6. The average Bonchev–Trinajstić information content (AvgIpc) is 3.15. The van der Waals surface area contributed by atoms with Crippen molar-refractivity contribution in [1.82, 2.24) is 9.62 Å². The molecule has 0 bridgehead atoms. The Labute approximate surface area is 215 Å². The highest BCUT2D eigenvalue weighted by Gasteiger charge is 2.38. The quantitative estimate of drug-likeness (QED) is 0.370. The second kappa shape index (κ2) is 12.6. The number of nitrogens with one attached hydrogen (secondary N) is 1. The van der Waals surface area contributed by atoms with Gasteiger partial charge in [-0.25, -0.2) is 17.5 Å². The Morgan fingerprint density at radius 2 is 1.83 bits per heavy atom. The first-order valence-electron chi connectivity index (χ1n) is 11.1. The molecule has 0 saturated carbocycles. The van der Waals surface area contributed by atoms with Crippen molar-refractivity contribution in [2.24, 2.45) is 5.73 Å². The third kappa shape index (κ3) is 7.27. The molecule has 0 aromatic heterocycles. The zero-order valence-electron chi connectivity index (χ0n) is 19.6. The van der Waals surface area contributed by atoms with Crippen molar-refractivity contribution in [3.63, 3.8) is 0 Å². The van der Waals surface area contributed by atoms with E-state index in [1.807, 2.05) is 19.0 Å². The second-order valence-corrected chi connectivity index (χ2v) is 10.8. The van der Waals surface area contributed by atoms with Crippen molar-refractivity contribution in [1.29, 1.82) is 0 Å². The SMILES string of the molecule is CN(C)[C@H]1Cc2c(Cl)cc(Cl)cc2[C@@H]1Oc1ccc(S(=O)(=O)NCCOCCOCCN)cc1F. The van der Waals surface area contributed by atoms with Crippen LogP contribution in [0.5, 0.6) is 5.75 Å². The van der Waals surface area contributed by atoms with Crippen LogP contribution < -0.4 is 15.2 Å². The highest BCUT2D eigenvalue weighted by molar-refractivity contribution is 7.89. The van der Waals surface area contributed by atoms with Gasteiger partial charge < -0.3 is 24.8 Å². The van der Waals surface area contributed by atoms with Gasteiger partial charge in [0.2, 0.25) is 10.0 Å². The van der Waals surface area contributed by atoms with E-state index in [9.17, 15) is 12.8 Å². The Balaban J connectivity index is 1.66. The van der Waals surface area contributed by atoms with Crippen molar-refractivity contribution in [3.05, 3.63) is 57.3 Å². The molecule has 194 valence electrons. The molecule has 35 heavy (non-hydrogen) atoms. The summed E-state index contributed by atoms with van der Waals surface area (Å²) < 4.78 is 58.9. The van der Waals surface area contributed by atoms with E-state index in [1.54, 1.807) is 12.1 Å². The first-order valence-corrected chi connectivity index (χ1v) is 13.3. The van der Waals surface area contributed by atoms with E-state index in [0.29, 0.717) is 42.8 Å². The van der Waals surface area contributed by atoms with Gasteiger partial charge in [-0.15, -0.1) is 0 Å². The average molecular weight is 550 g/mol. The summed E-state index contributed by atoms with van der Waals surface area (Å²) in [5, 5.41) is 0.993. The molecule has 0 fully saturated rings. The van der Waals surface area contributed by atoms with Crippen LogP contribution in [0.4, 0.5) is 4.39 Å². The molecule has 2 atom stereocenters. The fourth-order valence-corrected chi connectivity index (χ4v) is 5.44. The number of halogens is 3. The number of nitrogens with two attached hydrogens (primary N) is 1. The molecular formula is C23H30Cl2FN3O5S. The van der Waals surface area contributed by atoms with Crippen LogP contribution in [0.3, 0.4) is 0 Å². The van der Waals surface area contributed by atoms with Crippen molar-refractivity contribution in [2.75, 3.05) is 53.6 Å². The molecule has 0 spiro atoms. The number of likely N-dealkylation sites (N-methyl/N-ethyl adjacent to an activating group) is 1. The lowest BCUT2D eigenvalue weighted by Crippen LogP contribution is -2.34. The van der Waals surface area contributed by atoms with E-state index in [0.717, 1.165) is 17.2 Å². The summed E-state index contributed by atoms with van der Waals surface area (Å²) in [6.07, 6.45) is 0.0830. The van der Waals surface area contributed by atoms with Gasteiger partial charge in [0.05, 0.1) is 37.4 Å². The predicted molar refractivity (Wildman–Crippen MR) is 133 cm³/mol. The molecule has 0 amide bonds. The second-order valence-electron chi connectivity index (χ2n) is 8.23. The molecule has 0 heterocycles. The molecule has 2 aromatic carbocycles. The Kier molecular flexibility index (Phi) is 10.1. The maximum Gasteiger partial charge on any atom is 0.240 e. The van der Waals surface area contributed by atoms with E-state index in [4.69, 9.17) is 43.1 Å². The van der Waals surface area contributed by atoms with Crippen LogP contribution in [0.1, 0.15) is 17.2 Å². The lowest BCUT2D eigenvalue weighted by Gasteiger charge is -2.27. The van der Waals surface area contributed by atoms with Crippen molar-refractivity contribution < 1.29 is 27.0 Å². The molecule has 1 aliphatic carbocycles. The van der Waals surface area contributed by atoms with Gasteiger partial charge in [0.25, 0.3) is 0 Å². The molecule has 3 rings (SSSR count). The number of sulfonamides is 1. The van der Waals surface area contributed by atoms with Gasteiger partial charge in [0.1, 0.15) is 6.10 Å². The summed E-state index contributed by atoms with van der Waals surface area (Å²) in [4.78, 5) is 1.76. The van der Waals surface area contributed by atoms with Gasteiger partial charge in [-0.1, -0.05) is 23.2 Å². The first kappa shape index (κ1) is 28.1. The Morgan fingerprint density at radius 1 is 1.11 bits per heavy atom. The fourth-order valence-electron chi connectivity index (χ4n) is 3.83. The minimum Gasteiger partial charge on any atom is -0.481 e. The topological polar surface area (TPSA) is 103 Å². The summed E-state index contributed by atoms with van der Waals surface area (Å²) in [6.45, 7) is 1.72. The van der Waals surface area contributed by atoms with Crippen LogP contribution in [-0.2, 0) is 25.9 Å². The molecule has 3 N–H and O–H groups in total. The number of hydrogen-bond acceptors (Lipinski definition) is 7. The van der Waals surface area contributed by atoms with E-state index < -0.39 is 21.9 Å². The van der Waals surface area contributed by atoms with Gasteiger partial charge in [-0.2, -0.15) is 0 Å². The van der Waals surface area contributed by atoms with Gasteiger partial charge in [0, 0.05) is 28.7 Å². The number of ether oxygens (including phenoxy) is 3. The summed E-state index contributed by atoms with van der Waals surface area (Å²) in [7, 11) is -0.129. The third-order valence-corrected chi connectivity index (χ3v) is 7.58. The number of fused-ring (bicyclic) bond motifs is 1. The number of nitrogens with zero attached hydrogens (tertiary/aromatic N) is 1. The number of rotatable bonds is 13. The molecule has 0 radical (unpaired) electrons. The Morgan fingerprint density at radius 3 is 2.49 bits per heavy atom. The summed E-state index contributed by atoms with van der Waals surface area (Å²) in [6, 6.07) is 6.88. The van der Waals surface area contributed by atoms with Crippen molar-refractivity contribution in [3.8, 4) is 5.75 Å². The third-order valence-electron chi connectivity index (χ3n) is 5.57. The molecule has 0 unspecified atom stereocenters. The van der Waals surface area contributed by atoms with Gasteiger partial charge in [-0.3, -0.25) is 0 Å². The van der Waals surface area contributed by atoms with Crippen LogP contribution >= 0.6 is 23.2 Å². The maximum atomic E-state index is 15.0. The van der Waals surface area contributed by atoms with Crippen molar-refractivity contribution in [2.45, 2.75) is 23.5 Å². The molecule has 8 nitrogen and oxygen atoms in total. The van der Waals surface area contributed by atoms with Gasteiger partial charge in [-0.05, 0) is 56.4 Å². The predicted octanol–water partition coefficient (Wildman–Crippen LogP) is 3.01. The highest BCUT2D eigenvalue weighted by atomic mass is 35.5. The van der Waals surface area contributed by atoms with Crippen molar-refractivity contribution >= 4 is 33.2 Å². The van der Waals surface area contributed by atoms with Crippen LogP contribution in [0, 0.1) is 5.82 Å². The zero-order valence-corrected chi connectivity index (χ0v) is 21.9. The van der Waals surface area contributed by atoms with E-state index in [-0.39, 0.29) is 29.8 Å². The van der Waals surface area contributed by atoms with Gasteiger partial charge in [0.15, 0.2) is 11.6 Å². The fraction of sp³-hybridized carbons (Fsp3) is 0.478. The van der Waals surface area contributed by atoms with Crippen LogP contribution in [-0.4, -0.2) is 73.0 Å². The first-order chi connectivity index (χ1) is 16.6. The molecule has 1 aliphatic rings. The van der Waals surface area contributed by atoms with E-state index >= 15 is 0 Å². The molecule has 2 aromatic rings. The van der Waals surface area contributed by atoms with E-state index in [1.165, 1.54) is 12.1 Å². The summed E-state index contributed by atoms with van der Waals surface area (Å²) >= 11 is 12.6. The molecule has 0 aliphatic heterocycles. The lowest BCUT2D eigenvalue weighted by atomic mass is 10.1. The number of benzene rings is 2. The standard InChI is InChI=1S/C23H30Cl2FN3O5S/c1-29(2)21-14-17-18(11-15(24)12-19(17)25)23(21)34-22-4-3-16(13-20(22)26)35(30,31)28-6-8-33-10-9-32-7-5-27/h3-4,11-13,21,23,28H,5-10,14,27H2,1-2H3/t21-,23-/m0/s1. The molecular weight excluding hydrogens is 520 g/mol. The molecule has 0 saturated heterocycles. The maximum absolute atomic E-state index is 15.0. The smallest absolute Gasteiger partial charge is 0.240 e. The minimum absolute atomic E-state index is 0.0317. The Bertz CT molecular complexity index is 1120. The van der Waals surface area contributed by atoms with E-state index in [2.05, 4.69) is 4.72 Å². The lowest BCUT2D eigenvalue weighted by molar-refractivity contribution is 0.0530. The largest absolute Gasteiger partial charge is 0.481 e. The normalized spacial score (nSPS) is 17.7. The Hall–Kier alpha value is -1.50. The molecule has 12 heteroatoms. The summed E-state index contributed by atoms with van der Waals surface area (Å²) in [5.74, 6) is -0.856. The minimum atomic E-state index is -3.93. The summed E-state index contributed by atoms with van der Waals surface area (Å²) in [5.41, 5.74) is 7.00. The van der Waals surface area contributed by atoms with Gasteiger partial charge >= 0.3 is 0 Å².